The highest BCUT2D eigenvalue weighted by Gasteiger charge is 2.06. The molecule has 0 aliphatic heterocycles. The first-order valence-corrected chi connectivity index (χ1v) is 4.77. The van der Waals surface area contributed by atoms with Crippen LogP contribution in [0.2, 0.25) is 0 Å². The summed E-state index contributed by atoms with van der Waals surface area (Å²) in [6, 6.07) is 6.89. The molecule has 0 amide bonds. The zero-order chi connectivity index (χ0) is 8.32. The summed E-state index contributed by atoms with van der Waals surface area (Å²) < 4.78 is 30.1. The average molecular weight is 173 g/mol. The lowest BCUT2D eigenvalue weighted by Crippen LogP contribution is -1.99. The van der Waals surface area contributed by atoms with E-state index >= 15 is 0 Å². The van der Waals surface area contributed by atoms with Gasteiger partial charge in [0.05, 0.1) is 0 Å². The summed E-state index contributed by atoms with van der Waals surface area (Å²) >= 11 is 0. The molecule has 1 rings (SSSR count). The van der Waals surface area contributed by atoms with Crippen molar-refractivity contribution in [1.29, 1.82) is 4.78 Å². The molecule has 0 bridgehead atoms. The van der Waals surface area contributed by atoms with Crippen molar-refractivity contribution < 1.29 is 8.60 Å². The second-order valence-corrected chi connectivity index (χ2v) is 4.14. The summed E-state index contributed by atoms with van der Waals surface area (Å²) in [7, 11) is -3.16. The molecule has 0 heterocycles. The van der Waals surface area contributed by atoms with Crippen LogP contribution in [0.4, 0.5) is 4.39 Å². The third-order valence-electron chi connectivity index (χ3n) is 1.28. The SMILES string of the molecule is N=S(=O)(CF)c1ccccc1. The summed E-state index contributed by atoms with van der Waals surface area (Å²) in [6.45, 7) is 0. The van der Waals surface area contributed by atoms with Crippen LogP contribution in [0, 0.1) is 4.78 Å². The van der Waals surface area contributed by atoms with Gasteiger partial charge >= 0.3 is 0 Å². The second kappa shape index (κ2) is 3.00. The molecule has 1 N–H and O–H groups in total. The Hall–Kier alpha value is -0.900. The highest BCUT2D eigenvalue weighted by Crippen LogP contribution is 2.10. The molecule has 0 saturated carbocycles. The van der Waals surface area contributed by atoms with Crippen LogP contribution in [0.15, 0.2) is 35.2 Å². The number of alkyl halides is 1. The molecular formula is C7H8FNOS. The van der Waals surface area contributed by atoms with E-state index in [0.717, 1.165) is 0 Å². The van der Waals surface area contributed by atoms with Gasteiger partial charge in [0.1, 0.15) is 9.73 Å². The molecule has 1 atom stereocenters. The zero-order valence-electron chi connectivity index (χ0n) is 5.79. The summed E-state index contributed by atoms with van der Waals surface area (Å²) in [5.41, 5.74) is 0. The van der Waals surface area contributed by atoms with Crippen molar-refractivity contribution in [2.75, 3.05) is 6.01 Å². The van der Waals surface area contributed by atoms with Crippen LogP contribution < -0.4 is 0 Å². The first-order valence-electron chi connectivity index (χ1n) is 3.04. The fraction of sp³-hybridized carbons (Fsp3) is 0.143. The maximum atomic E-state index is 12.0. The fourth-order valence-electron chi connectivity index (χ4n) is 0.703. The van der Waals surface area contributed by atoms with E-state index in [4.69, 9.17) is 4.78 Å². The molecule has 0 saturated heterocycles. The van der Waals surface area contributed by atoms with Crippen LogP contribution in [0.25, 0.3) is 0 Å². The molecule has 0 aliphatic carbocycles. The highest BCUT2D eigenvalue weighted by molar-refractivity contribution is 7.92. The third-order valence-corrected chi connectivity index (χ3v) is 2.62. The smallest absolute Gasteiger partial charge is 0.176 e. The van der Waals surface area contributed by atoms with E-state index in [0.29, 0.717) is 0 Å². The Morgan fingerprint density at radius 2 is 1.91 bits per heavy atom. The summed E-state index contributed by atoms with van der Waals surface area (Å²) in [4.78, 5) is 0.252. The Balaban J connectivity index is 3.14. The van der Waals surface area contributed by atoms with E-state index in [1.165, 1.54) is 12.1 Å². The number of hydrogen-bond acceptors (Lipinski definition) is 2. The Bertz CT molecular complexity index is 320. The number of nitrogens with one attached hydrogen (secondary N) is 1. The van der Waals surface area contributed by atoms with Crippen LogP contribution in [0.5, 0.6) is 0 Å². The average Bonchev–Trinajstić information content (AvgIpc) is 2.06. The largest absolute Gasteiger partial charge is 0.247 e. The van der Waals surface area contributed by atoms with Gasteiger partial charge in [-0.1, -0.05) is 18.2 Å². The van der Waals surface area contributed by atoms with Crippen molar-refractivity contribution in [3.63, 3.8) is 0 Å². The van der Waals surface area contributed by atoms with Crippen LogP contribution in [-0.2, 0) is 9.73 Å². The molecule has 0 aromatic heterocycles. The van der Waals surface area contributed by atoms with Crippen molar-refractivity contribution in [1.82, 2.24) is 0 Å². The van der Waals surface area contributed by atoms with Gasteiger partial charge < -0.3 is 0 Å². The van der Waals surface area contributed by atoms with Gasteiger partial charge in [0.2, 0.25) is 0 Å². The summed E-state index contributed by atoms with van der Waals surface area (Å²) in [5, 5.41) is 0. The van der Waals surface area contributed by atoms with Crippen LogP contribution in [0.3, 0.4) is 0 Å². The molecule has 0 fully saturated rings. The standard InChI is InChI=1S/C7H8FNOS/c8-6-11(9,10)7-4-2-1-3-5-7/h1-5,9H,6H2. The number of benzene rings is 1. The maximum absolute atomic E-state index is 12.0. The molecule has 0 aliphatic rings. The Morgan fingerprint density at radius 3 is 2.36 bits per heavy atom. The van der Waals surface area contributed by atoms with Gasteiger partial charge in [0.15, 0.2) is 6.01 Å². The Morgan fingerprint density at radius 1 is 1.36 bits per heavy atom. The lowest BCUT2D eigenvalue weighted by atomic mass is 10.4. The molecule has 11 heavy (non-hydrogen) atoms. The molecule has 1 aromatic carbocycles. The van der Waals surface area contributed by atoms with Gasteiger partial charge in [-0.2, -0.15) is 0 Å². The predicted octanol–water partition coefficient (Wildman–Crippen LogP) is 2.02. The van der Waals surface area contributed by atoms with Gasteiger partial charge in [-0.15, -0.1) is 0 Å². The van der Waals surface area contributed by atoms with E-state index in [1.54, 1.807) is 18.2 Å². The van der Waals surface area contributed by atoms with Crippen molar-refractivity contribution >= 4 is 9.73 Å². The minimum Gasteiger partial charge on any atom is -0.247 e. The van der Waals surface area contributed by atoms with Crippen molar-refractivity contribution in [2.45, 2.75) is 4.90 Å². The van der Waals surface area contributed by atoms with Gasteiger partial charge in [-0.3, -0.25) is 0 Å². The quantitative estimate of drug-likeness (QED) is 0.730. The number of hydrogen-bond donors (Lipinski definition) is 1. The molecule has 1 aromatic rings. The van der Waals surface area contributed by atoms with Crippen molar-refractivity contribution in [3.8, 4) is 0 Å². The van der Waals surface area contributed by atoms with Gasteiger partial charge in [0, 0.05) is 4.90 Å². The normalized spacial score (nSPS) is 15.7. The van der Waals surface area contributed by atoms with Crippen molar-refractivity contribution in [2.24, 2.45) is 0 Å². The van der Waals surface area contributed by atoms with Gasteiger partial charge in [-0.05, 0) is 12.1 Å². The molecule has 1 unspecified atom stereocenters. The van der Waals surface area contributed by atoms with Gasteiger partial charge in [0.25, 0.3) is 0 Å². The minimum absolute atomic E-state index is 0.252. The van der Waals surface area contributed by atoms with E-state index in [-0.39, 0.29) is 4.90 Å². The first-order chi connectivity index (χ1) is 5.17. The van der Waals surface area contributed by atoms with Crippen LogP contribution >= 0.6 is 0 Å². The first kappa shape index (κ1) is 8.20. The van der Waals surface area contributed by atoms with Crippen LogP contribution in [0.1, 0.15) is 0 Å². The topological polar surface area (TPSA) is 40.9 Å². The monoisotopic (exact) mass is 173 g/mol. The van der Waals surface area contributed by atoms with Crippen molar-refractivity contribution in [3.05, 3.63) is 30.3 Å². The van der Waals surface area contributed by atoms with E-state index in [9.17, 15) is 8.60 Å². The van der Waals surface area contributed by atoms with Gasteiger partial charge in [-0.25, -0.2) is 13.4 Å². The maximum Gasteiger partial charge on any atom is 0.176 e. The van der Waals surface area contributed by atoms with E-state index in [2.05, 4.69) is 0 Å². The lowest BCUT2D eigenvalue weighted by molar-refractivity contribution is 0.574. The lowest BCUT2D eigenvalue weighted by Gasteiger charge is -2.00. The molecule has 2 nitrogen and oxygen atoms in total. The third kappa shape index (κ3) is 1.77. The summed E-state index contributed by atoms with van der Waals surface area (Å²) in [6.07, 6.45) is 0. The Kier molecular flexibility index (Phi) is 2.24. The molecule has 60 valence electrons. The number of halogens is 1. The fourth-order valence-corrected chi connectivity index (χ4v) is 1.43. The summed E-state index contributed by atoms with van der Waals surface area (Å²) in [5.74, 6) is 0. The van der Waals surface area contributed by atoms with E-state index in [1.807, 2.05) is 0 Å². The molecule has 0 spiro atoms. The molecular weight excluding hydrogens is 165 g/mol. The highest BCUT2D eigenvalue weighted by atomic mass is 32.2. The predicted molar refractivity (Wildman–Crippen MR) is 41.5 cm³/mol. The second-order valence-electron chi connectivity index (χ2n) is 2.10. The molecule has 4 heteroatoms. The minimum atomic E-state index is -3.16. The molecule has 0 radical (unpaired) electrons. The van der Waals surface area contributed by atoms with Crippen LogP contribution in [-0.4, -0.2) is 10.2 Å². The Labute approximate surface area is 65.0 Å². The number of rotatable bonds is 2. The van der Waals surface area contributed by atoms with E-state index < -0.39 is 15.7 Å². The zero-order valence-corrected chi connectivity index (χ0v) is 6.60.